The molecular formula is C11H13Cl2NO3S. The Morgan fingerprint density at radius 3 is 2.61 bits per heavy atom. The topological polar surface area (TPSA) is 66.4 Å². The van der Waals surface area contributed by atoms with Gasteiger partial charge in [0.2, 0.25) is 0 Å². The predicted octanol–water partition coefficient (Wildman–Crippen LogP) is 3.43. The summed E-state index contributed by atoms with van der Waals surface area (Å²) in [5, 5.41) is 11.4. The number of amides is 1. The summed E-state index contributed by atoms with van der Waals surface area (Å²) in [5.41, 5.74) is 0.217. The lowest BCUT2D eigenvalue weighted by Gasteiger charge is -2.13. The van der Waals surface area contributed by atoms with Crippen LogP contribution in [0.1, 0.15) is 36.5 Å². The molecule has 0 aliphatic carbocycles. The highest BCUT2D eigenvalue weighted by atomic mass is 35.5. The molecule has 1 aromatic rings. The lowest BCUT2D eigenvalue weighted by atomic mass is 10.1. The molecule has 1 amide bonds. The van der Waals surface area contributed by atoms with E-state index in [4.69, 9.17) is 28.3 Å². The van der Waals surface area contributed by atoms with Crippen molar-refractivity contribution in [3.8, 4) is 0 Å². The number of rotatable bonds is 6. The molecule has 0 bridgehead atoms. The molecule has 0 saturated carbocycles. The Hall–Kier alpha value is -0.780. The zero-order valence-electron chi connectivity index (χ0n) is 9.70. The largest absolute Gasteiger partial charge is 0.480 e. The molecule has 1 atom stereocenters. The SMILES string of the molecule is CCCC[C@H](NC(=O)c1cc(Cl)sc1Cl)C(=O)O. The molecule has 1 aromatic heterocycles. The van der Waals surface area contributed by atoms with Crippen molar-refractivity contribution in [1.29, 1.82) is 0 Å². The van der Waals surface area contributed by atoms with Crippen molar-refractivity contribution in [2.75, 3.05) is 0 Å². The average molecular weight is 310 g/mol. The van der Waals surface area contributed by atoms with Gasteiger partial charge in [-0.2, -0.15) is 0 Å². The van der Waals surface area contributed by atoms with Crippen LogP contribution in [0.3, 0.4) is 0 Å². The number of unbranched alkanes of at least 4 members (excludes halogenated alkanes) is 1. The molecule has 4 nitrogen and oxygen atoms in total. The maximum Gasteiger partial charge on any atom is 0.326 e. The lowest BCUT2D eigenvalue weighted by molar-refractivity contribution is -0.139. The highest BCUT2D eigenvalue weighted by Gasteiger charge is 2.22. The summed E-state index contributed by atoms with van der Waals surface area (Å²) in [6.07, 6.45) is 1.99. The van der Waals surface area contributed by atoms with E-state index in [0.29, 0.717) is 10.8 Å². The van der Waals surface area contributed by atoms with Gasteiger partial charge in [-0.25, -0.2) is 4.79 Å². The van der Waals surface area contributed by atoms with Gasteiger partial charge >= 0.3 is 5.97 Å². The van der Waals surface area contributed by atoms with Gasteiger partial charge in [0, 0.05) is 0 Å². The van der Waals surface area contributed by atoms with Crippen molar-refractivity contribution in [1.82, 2.24) is 5.32 Å². The van der Waals surface area contributed by atoms with Gasteiger partial charge < -0.3 is 10.4 Å². The molecule has 1 heterocycles. The highest BCUT2D eigenvalue weighted by Crippen LogP contribution is 2.31. The van der Waals surface area contributed by atoms with Gasteiger partial charge in [-0.05, 0) is 12.5 Å². The molecule has 100 valence electrons. The minimum Gasteiger partial charge on any atom is -0.480 e. The predicted molar refractivity (Wildman–Crippen MR) is 72.8 cm³/mol. The fourth-order valence-corrected chi connectivity index (χ4v) is 2.86. The Morgan fingerprint density at radius 1 is 1.50 bits per heavy atom. The van der Waals surface area contributed by atoms with Gasteiger partial charge in [-0.3, -0.25) is 4.79 Å². The first-order valence-corrected chi connectivity index (χ1v) is 7.01. The fraction of sp³-hybridized carbons (Fsp3) is 0.455. The number of carboxylic acid groups (broad SMARTS) is 1. The van der Waals surface area contributed by atoms with E-state index in [1.807, 2.05) is 6.92 Å². The maximum absolute atomic E-state index is 11.8. The van der Waals surface area contributed by atoms with E-state index >= 15 is 0 Å². The van der Waals surface area contributed by atoms with Crippen molar-refractivity contribution >= 4 is 46.4 Å². The van der Waals surface area contributed by atoms with Gasteiger partial charge in [-0.1, -0.05) is 43.0 Å². The second-order valence-electron chi connectivity index (χ2n) is 3.74. The molecule has 7 heteroatoms. The van der Waals surface area contributed by atoms with E-state index in [1.165, 1.54) is 6.07 Å². The lowest BCUT2D eigenvalue weighted by Crippen LogP contribution is -2.40. The van der Waals surface area contributed by atoms with Gasteiger partial charge in [0.25, 0.3) is 5.91 Å². The highest BCUT2D eigenvalue weighted by molar-refractivity contribution is 7.20. The van der Waals surface area contributed by atoms with Crippen LogP contribution in [0.2, 0.25) is 8.67 Å². The second-order valence-corrected chi connectivity index (χ2v) is 6.03. The fourth-order valence-electron chi connectivity index (χ4n) is 1.40. The van der Waals surface area contributed by atoms with E-state index in [2.05, 4.69) is 5.32 Å². The Balaban J connectivity index is 2.72. The monoisotopic (exact) mass is 309 g/mol. The zero-order chi connectivity index (χ0) is 13.7. The standard InChI is InChI=1S/C11H13Cl2NO3S/c1-2-3-4-7(11(16)17)14-10(15)6-5-8(12)18-9(6)13/h5,7H,2-4H2,1H3,(H,14,15)(H,16,17)/t7-/m0/s1. The van der Waals surface area contributed by atoms with Crippen LogP contribution in [0, 0.1) is 0 Å². The number of nitrogens with one attached hydrogen (secondary N) is 1. The molecule has 0 radical (unpaired) electrons. The van der Waals surface area contributed by atoms with Gasteiger partial charge in [0.15, 0.2) is 0 Å². The summed E-state index contributed by atoms with van der Waals surface area (Å²) >= 11 is 12.6. The smallest absolute Gasteiger partial charge is 0.326 e. The van der Waals surface area contributed by atoms with Crippen LogP contribution in [-0.4, -0.2) is 23.0 Å². The van der Waals surface area contributed by atoms with Crippen LogP contribution in [0.5, 0.6) is 0 Å². The van der Waals surface area contributed by atoms with Crippen LogP contribution >= 0.6 is 34.5 Å². The van der Waals surface area contributed by atoms with Crippen LogP contribution in [0.15, 0.2) is 6.07 Å². The zero-order valence-corrected chi connectivity index (χ0v) is 12.0. The van der Waals surface area contributed by atoms with Crippen molar-refractivity contribution in [3.63, 3.8) is 0 Å². The number of aliphatic carboxylic acids is 1. The number of carbonyl (C=O) groups is 2. The van der Waals surface area contributed by atoms with Crippen LogP contribution in [-0.2, 0) is 4.79 Å². The molecule has 2 N–H and O–H groups in total. The molecule has 0 aromatic carbocycles. The number of hydrogen-bond acceptors (Lipinski definition) is 3. The summed E-state index contributed by atoms with van der Waals surface area (Å²) in [7, 11) is 0. The van der Waals surface area contributed by atoms with Crippen LogP contribution in [0.4, 0.5) is 0 Å². The number of hydrogen-bond donors (Lipinski definition) is 2. The Labute approximate surface area is 119 Å². The molecule has 0 saturated heterocycles. The first-order chi connectivity index (χ1) is 8.45. The van der Waals surface area contributed by atoms with E-state index in [9.17, 15) is 9.59 Å². The van der Waals surface area contributed by atoms with E-state index in [1.54, 1.807) is 0 Å². The summed E-state index contributed by atoms with van der Waals surface area (Å²) in [6, 6.07) is 0.537. The van der Waals surface area contributed by atoms with Gasteiger partial charge in [0.1, 0.15) is 10.4 Å². The summed E-state index contributed by atoms with van der Waals surface area (Å²) < 4.78 is 0.655. The molecule has 0 spiro atoms. The van der Waals surface area contributed by atoms with Crippen LogP contribution < -0.4 is 5.32 Å². The Morgan fingerprint density at radius 2 is 2.17 bits per heavy atom. The average Bonchev–Trinajstić information content (AvgIpc) is 2.63. The summed E-state index contributed by atoms with van der Waals surface area (Å²) in [4.78, 5) is 22.8. The first-order valence-electron chi connectivity index (χ1n) is 5.44. The molecule has 0 unspecified atom stereocenters. The Bertz CT molecular complexity index is 447. The van der Waals surface area contributed by atoms with E-state index in [0.717, 1.165) is 24.2 Å². The summed E-state index contributed by atoms with van der Waals surface area (Å²) in [5.74, 6) is -1.55. The quantitative estimate of drug-likeness (QED) is 0.846. The van der Waals surface area contributed by atoms with Crippen molar-refractivity contribution in [2.45, 2.75) is 32.2 Å². The van der Waals surface area contributed by atoms with Gasteiger partial charge in [0.05, 0.1) is 9.90 Å². The number of halogens is 2. The van der Waals surface area contributed by atoms with Crippen LogP contribution in [0.25, 0.3) is 0 Å². The number of carboxylic acids is 1. The molecule has 0 fully saturated rings. The van der Waals surface area contributed by atoms with Crippen molar-refractivity contribution in [3.05, 3.63) is 20.3 Å². The van der Waals surface area contributed by atoms with E-state index < -0.39 is 17.9 Å². The Kier molecular flexibility index (Phi) is 5.91. The van der Waals surface area contributed by atoms with E-state index in [-0.39, 0.29) is 9.90 Å². The number of carbonyl (C=O) groups excluding carboxylic acids is 1. The molecule has 1 rings (SSSR count). The molecule has 0 aliphatic rings. The third-order valence-electron chi connectivity index (χ3n) is 2.35. The normalized spacial score (nSPS) is 12.2. The second kappa shape index (κ2) is 6.97. The molecule has 18 heavy (non-hydrogen) atoms. The number of thiophene rings is 1. The minimum absolute atomic E-state index is 0.217. The third kappa shape index (κ3) is 4.15. The van der Waals surface area contributed by atoms with Crippen molar-refractivity contribution in [2.24, 2.45) is 0 Å². The molecular weight excluding hydrogens is 297 g/mol. The third-order valence-corrected chi connectivity index (χ3v) is 3.84. The summed E-state index contributed by atoms with van der Waals surface area (Å²) in [6.45, 7) is 1.95. The molecule has 0 aliphatic heterocycles. The first kappa shape index (κ1) is 15.3. The maximum atomic E-state index is 11.8. The minimum atomic E-state index is -1.05. The van der Waals surface area contributed by atoms with Crippen molar-refractivity contribution < 1.29 is 14.7 Å². The van der Waals surface area contributed by atoms with Gasteiger partial charge in [-0.15, -0.1) is 11.3 Å².